The third-order valence-corrected chi connectivity index (χ3v) is 3.33. The van der Waals surface area contributed by atoms with Crippen molar-refractivity contribution in [3.8, 4) is 11.5 Å². The molecule has 0 atom stereocenters. The number of hydrogen-bond donors (Lipinski definition) is 1. The lowest BCUT2D eigenvalue weighted by Crippen LogP contribution is -2.04. The van der Waals surface area contributed by atoms with Crippen molar-refractivity contribution in [3.63, 3.8) is 0 Å². The van der Waals surface area contributed by atoms with Gasteiger partial charge in [-0.25, -0.2) is 0 Å². The van der Waals surface area contributed by atoms with Gasteiger partial charge in [-0.05, 0) is 30.8 Å². The van der Waals surface area contributed by atoms with Gasteiger partial charge in [0.25, 0.3) is 5.69 Å². The molecular formula is C14H12Cl2N2O3. The van der Waals surface area contributed by atoms with E-state index in [1.54, 1.807) is 12.1 Å². The molecule has 0 aliphatic rings. The van der Waals surface area contributed by atoms with Crippen LogP contribution in [0.2, 0.25) is 10.0 Å². The van der Waals surface area contributed by atoms with E-state index in [4.69, 9.17) is 27.9 Å². The van der Waals surface area contributed by atoms with E-state index in [-0.39, 0.29) is 16.5 Å². The molecule has 1 N–H and O–H groups in total. The van der Waals surface area contributed by atoms with Crippen molar-refractivity contribution in [2.75, 3.05) is 7.05 Å². The molecule has 0 spiro atoms. The molecule has 0 aromatic heterocycles. The predicted molar refractivity (Wildman–Crippen MR) is 82.4 cm³/mol. The first kappa shape index (κ1) is 15.6. The van der Waals surface area contributed by atoms with Crippen molar-refractivity contribution in [1.29, 1.82) is 0 Å². The maximum Gasteiger partial charge on any atom is 0.273 e. The number of nitro groups is 1. The number of benzene rings is 2. The second kappa shape index (κ2) is 6.76. The van der Waals surface area contributed by atoms with E-state index >= 15 is 0 Å². The molecule has 0 aliphatic heterocycles. The van der Waals surface area contributed by atoms with Crippen molar-refractivity contribution in [1.82, 2.24) is 5.32 Å². The molecule has 110 valence electrons. The van der Waals surface area contributed by atoms with Crippen LogP contribution in [0, 0.1) is 10.1 Å². The molecule has 5 nitrogen and oxygen atoms in total. The van der Waals surface area contributed by atoms with Crippen molar-refractivity contribution >= 4 is 28.9 Å². The first-order valence-electron chi connectivity index (χ1n) is 6.06. The fourth-order valence-corrected chi connectivity index (χ4v) is 2.14. The van der Waals surface area contributed by atoms with Crippen LogP contribution in [0.25, 0.3) is 0 Å². The summed E-state index contributed by atoms with van der Waals surface area (Å²) >= 11 is 12.1. The molecule has 0 saturated heterocycles. The highest BCUT2D eigenvalue weighted by molar-refractivity contribution is 6.33. The van der Waals surface area contributed by atoms with Gasteiger partial charge in [-0.3, -0.25) is 10.1 Å². The van der Waals surface area contributed by atoms with Gasteiger partial charge >= 0.3 is 0 Å². The maximum atomic E-state index is 10.8. The molecule has 2 rings (SSSR count). The highest BCUT2D eigenvalue weighted by Crippen LogP contribution is 2.36. The Balaban J connectivity index is 2.29. The van der Waals surface area contributed by atoms with E-state index < -0.39 is 4.92 Å². The van der Waals surface area contributed by atoms with Gasteiger partial charge in [-0.2, -0.15) is 0 Å². The largest absolute Gasteiger partial charge is 0.454 e. The Labute approximate surface area is 131 Å². The Morgan fingerprint density at radius 2 is 1.90 bits per heavy atom. The van der Waals surface area contributed by atoms with Crippen LogP contribution in [-0.2, 0) is 6.54 Å². The molecule has 0 fully saturated rings. The number of nitrogens with zero attached hydrogens (tertiary/aromatic N) is 1. The molecule has 0 bridgehead atoms. The third kappa shape index (κ3) is 3.85. The summed E-state index contributed by atoms with van der Waals surface area (Å²) in [5.74, 6) is 0.577. The molecule has 0 radical (unpaired) electrons. The first-order valence-corrected chi connectivity index (χ1v) is 6.81. The molecule has 0 saturated carbocycles. The molecule has 2 aromatic carbocycles. The molecular weight excluding hydrogens is 315 g/mol. The van der Waals surface area contributed by atoms with E-state index in [2.05, 4.69) is 5.32 Å². The number of nitrogens with one attached hydrogen (secondary N) is 1. The Morgan fingerprint density at radius 3 is 2.52 bits per heavy atom. The zero-order valence-corrected chi connectivity index (χ0v) is 12.6. The maximum absolute atomic E-state index is 10.8. The number of halogens is 2. The zero-order valence-electron chi connectivity index (χ0n) is 11.1. The van der Waals surface area contributed by atoms with Crippen molar-refractivity contribution in [3.05, 3.63) is 62.1 Å². The Hall–Kier alpha value is -1.82. The second-order valence-corrected chi connectivity index (χ2v) is 5.08. The van der Waals surface area contributed by atoms with Crippen LogP contribution in [0.15, 0.2) is 36.4 Å². The van der Waals surface area contributed by atoms with E-state index in [9.17, 15) is 10.1 Å². The second-order valence-electron chi connectivity index (χ2n) is 4.27. The summed E-state index contributed by atoms with van der Waals surface area (Å²) in [6.07, 6.45) is 0. The number of rotatable bonds is 5. The van der Waals surface area contributed by atoms with E-state index in [0.29, 0.717) is 17.3 Å². The highest BCUT2D eigenvalue weighted by Gasteiger charge is 2.13. The van der Waals surface area contributed by atoms with Crippen molar-refractivity contribution < 1.29 is 9.66 Å². The number of ether oxygens (including phenoxy) is 1. The highest BCUT2D eigenvalue weighted by atomic mass is 35.5. The fourth-order valence-electron chi connectivity index (χ4n) is 1.74. The minimum Gasteiger partial charge on any atom is -0.454 e. The van der Waals surface area contributed by atoms with Crippen molar-refractivity contribution in [2.24, 2.45) is 0 Å². The van der Waals surface area contributed by atoms with Crippen LogP contribution in [0.3, 0.4) is 0 Å². The molecule has 0 amide bonds. The fraction of sp³-hybridized carbons (Fsp3) is 0.143. The number of nitro benzene ring substituents is 1. The minimum atomic E-state index is -0.513. The van der Waals surface area contributed by atoms with Gasteiger partial charge in [0, 0.05) is 12.6 Å². The molecule has 21 heavy (non-hydrogen) atoms. The smallest absolute Gasteiger partial charge is 0.273 e. The molecule has 0 unspecified atom stereocenters. The average Bonchev–Trinajstić information content (AvgIpc) is 2.44. The summed E-state index contributed by atoms with van der Waals surface area (Å²) in [5, 5.41) is 14.5. The monoisotopic (exact) mass is 326 g/mol. The van der Waals surface area contributed by atoms with Gasteiger partial charge < -0.3 is 10.1 Å². The van der Waals surface area contributed by atoms with E-state index in [1.165, 1.54) is 18.2 Å². The van der Waals surface area contributed by atoms with Crippen LogP contribution in [0.1, 0.15) is 5.56 Å². The SMILES string of the molecule is CNCc1ccc(Oc2cc([N+](=O)[O-])ccc2Cl)c(Cl)c1. The van der Waals surface area contributed by atoms with Gasteiger partial charge in [-0.1, -0.05) is 29.3 Å². The normalized spacial score (nSPS) is 10.4. The van der Waals surface area contributed by atoms with Crippen LogP contribution in [0.4, 0.5) is 5.69 Å². The molecule has 7 heteroatoms. The van der Waals surface area contributed by atoms with E-state index in [0.717, 1.165) is 5.56 Å². The molecule has 0 aliphatic carbocycles. The predicted octanol–water partition coefficient (Wildman–Crippen LogP) is 4.41. The van der Waals surface area contributed by atoms with Crippen LogP contribution >= 0.6 is 23.2 Å². The first-order chi connectivity index (χ1) is 10.0. The molecule has 2 aromatic rings. The lowest BCUT2D eigenvalue weighted by Gasteiger charge is -2.10. The van der Waals surface area contributed by atoms with Crippen LogP contribution < -0.4 is 10.1 Å². The minimum absolute atomic E-state index is 0.0997. The van der Waals surface area contributed by atoms with Gasteiger partial charge in [0.15, 0.2) is 5.75 Å². The topological polar surface area (TPSA) is 64.4 Å². The number of non-ortho nitro benzene ring substituents is 1. The zero-order chi connectivity index (χ0) is 15.4. The van der Waals surface area contributed by atoms with Gasteiger partial charge in [-0.15, -0.1) is 0 Å². The standard InChI is InChI=1S/C14H12Cl2N2O3/c1-17-8-9-2-5-13(12(16)6-9)21-14-7-10(18(19)20)3-4-11(14)15/h2-7,17H,8H2,1H3. The summed E-state index contributed by atoms with van der Waals surface area (Å²) < 4.78 is 5.58. The van der Waals surface area contributed by atoms with Crippen LogP contribution in [-0.4, -0.2) is 12.0 Å². The van der Waals surface area contributed by atoms with Crippen molar-refractivity contribution in [2.45, 2.75) is 6.54 Å². The van der Waals surface area contributed by atoms with Gasteiger partial charge in [0.2, 0.25) is 0 Å². The summed E-state index contributed by atoms with van der Waals surface area (Å²) in [5.41, 5.74) is 0.900. The Kier molecular flexibility index (Phi) is 5.01. The van der Waals surface area contributed by atoms with Crippen LogP contribution in [0.5, 0.6) is 11.5 Å². The lowest BCUT2D eigenvalue weighted by molar-refractivity contribution is -0.384. The Bertz CT molecular complexity index is 677. The summed E-state index contributed by atoms with van der Waals surface area (Å²) in [6.45, 7) is 0.678. The average molecular weight is 327 g/mol. The summed E-state index contributed by atoms with van der Waals surface area (Å²) in [7, 11) is 1.83. The molecule has 0 heterocycles. The summed E-state index contributed by atoms with van der Waals surface area (Å²) in [6, 6.07) is 9.30. The lowest BCUT2D eigenvalue weighted by atomic mass is 10.2. The Morgan fingerprint density at radius 1 is 1.14 bits per heavy atom. The third-order valence-electron chi connectivity index (χ3n) is 2.72. The van der Waals surface area contributed by atoms with E-state index in [1.807, 2.05) is 13.1 Å². The van der Waals surface area contributed by atoms with Gasteiger partial charge in [0.1, 0.15) is 5.75 Å². The summed E-state index contributed by atoms with van der Waals surface area (Å²) in [4.78, 5) is 10.3. The quantitative estimate of drug-likeness (QED) is 0.652. The van der Waals surface area contributed by atoms with Gasteiger partial charge in [0.05, 0.1) is 21.0 Å². The number of hydrogen-bond acceptors (Lipinski definition) is 4.